The van der Waals surface area contributed by atoms with Crippen molar-refractivity contribution in [3.8, 4) is 0 Å². The van der Waals surface area contributed by atoms with Gasteiger partial charge in [0, 0.05) is 71.4 Å². The number of ether oxygens (including phenoxy) is 5. The zero-order valence-corrected chi connectivity index (χ0v) is 34.7. The molecule has 57 heavy (non-hydrogen) atoms. The minimum absolute atomic E-state index is 0.0881. The molecule has 0 saturated carbocycles. The average molecular weight is 819 g/mol. The number of nitrogens with zero attached hydrogens (tertiary/aromatic N) is 1. The smallest absolute Gasteiger partial charge is 0.303 e. The molecule has 1 heterocycles. The van der Waals surface area contributed by atoms with Gasteiger partial charge in [-0.1, -0.05) is 38.8 Å². The van der Waals surface area contributed by atoms with Gasteiger partial charge in [-0.25, -0.2) is 8.42 Å². The molecular weight excluding hydrogens is 765 g/mol. The lowest BCUT2D eigenvalue weighted by Crippen LogP contribution is -2.56. The highest BCUT2D eigenvalue weighted by molar-refractivity contribution is 7.91. The Labute approximate surface area is 333 Å². The van der Waals surface area contributed by atoms with E-state index in [1.165, 1.54) is 6.07 Å². The van der Waals surface area contributed by atoms with Crippen molar-refractivity contribution in [1.82, 2.24) is 0 Å². The molecule has 0 aromatic heterocycles. The van der Waals surface area contributed by atoms with Crippen molar-refractivity contribution >= 4 is 57.0 Å². The normalized spacial score (nSPS) is 20.5. The Balaban J connectivity index is 2.22. The second kappa shape index (κ2) is 19.9. The van der Waals surface area contributed by atoms with Gasteiger partial charge >= 0.3 is 29.8 Å². The van der Waals surface area contributed by atoms with E-state index in [4.69, 9.17) is 23.7 Å². The van der Waals surface area contributed by atoms with E-state index in [1.807, 2.05) is 32.8 Å². The van der Waals surface area contributed by atoms with E-state index in [0.717, 1.165) is 41.0 Å². The number of carbonyl (C=O) groups is 6. The van der Waals surface area contributed by atoms with Gasteiger partial charge in [0.05, 0.1) is 16.8 Å². The first-order valence-corrected chi connectivity index (χ1v) is 20.3. The van der Waals surface area contributed by atoms with E-state index in [1.54, 1.807) is 36.4 Å². The van der Waals surface area contributed by atoms with Crippen molar-refractivity contribution in [1.29, 1.82) is 0 Å². The van der Waals surface area contributed by atoms with Crippen molar-refractivity contribution in [2.45, 2.75) is 115 Å². The van der Waals surface area contributed by atoms with Crippen LogP contribution in [0, 0.1) is 5.41 Å². The fraction of sp³-hybridized carbons (Fsp3) is 0.550. The number of aliphatic hydroxyl groups is 1. The van der Waals surface area contributed by atoms with Crippen molar-refractivity contribution < 1.29 is 66.0 Å². The molecule has 0 spiro atoms. The summed E-state index contributed by atoms with van der Waals surface area (Å²) in [6.07, 6.45) is -6.40. The van der Waals surface area contributed by atoms with Crippen LogP contribution in [0.5, 0.6) is 0 Å². The molecular formula is C40H54N2O14S. The predicted molar refractivity (Wildman–Crippen MR) is 207 cm³/mol. The van der Waals surface area contributed by atoms with E-state index >= 15 is 0 Å². The van der Waals surface area contributed by atoms with Gasteiger partial charge in [-0.05, 0) is 54.3 Å². The van der Waals surface area contributed by atoms with Crippen LogP contribution in [0.25, 0.3) is 0 Å². The molecule has 1 amide bonds. The first-order valence-electron chi connectivity index (χ1n) is 18.6. The number of anilines is 2. The van der Waals surface area contributed by atoms with Crippen LogP contribution in [0.3, 0.4) is 0 Å². The standard InChI is InChI=1S/C40H54N2O14S/c1-10-12-18-40(11-2)22-57(50,51)33-17-16-30(42(8)9)20-31(33)34(38(40)48)28-14-13-15-29(19-28)41-39(49)37(56-27(7)47)36(55-26(6)46)35(54-25(5)45)32(53-24(4)44)21-52-23(3)43/h13-17,19-20,32,34-38,48H,10-12,18,21-22H2,1-9H3,(H,41,49)/t32-,34+,35+,36-,37+,38-,40+/m0/s1. The summed E-state index contributed by atoms with van der Waals surface area (Å²) in [6.45, 7) is 8.18. The number of aliphatic hydroxyl groups excluding tert-OH is 1. The first kappa shape index (κ1) is 46.4. The minimum Gasteiger partial charge on any atom is -0.462 e. The summed E-state index contributed by atoms with van der Waals surface area (Å²) in [5, 5.41) is 15.0. The highest BCUT2D eigenvalue weighted by Crippen LogP contribution is 2.49. The molecule has 2 N–H and O–H groups in total. The van der Waals surface area contributed by atoms with Gasteiger partial charge in [0.1, 0.15) is 6.61 Å². The van der Waals surface area contributed by atoms with Crippen LogP contribution in [0.1, 0.15) is 91.2 Å². The highest BCUT2D eigenvalue weighted by Gasteiger charge is 2.50. The molecule has 16 nitrogen and oxygen atoms in total. The summed E-state index contributed by atoms with van der Waals surface area (Å²) in [7, 11) is -0.268. The average Bonchev–Trinajstić information content (AvgIpc) is 3.18. The molecule has 3 rings (SSSR count). The number of rotatable bonds is 17. The van der Waals surface area contributed by atoms with Gasteiger partial charge in [-0.2, -0.15) is 0 Å². The van der Waals surface area contributed by atoms with Crippen molar-refractivity contribution in [3.05, 3.63) is 53.6 Å². The molecule has 0 saturated heterocycles. The molecule has 2 aromatic rings. The third-order valence-corrected chi connectivity index (χ3v) is 11.8. The zero-order valence-electron chi connectivity index (χ0n) is 33.9. The molecule has 0 radical (unpaired) electrons. The SMILES string of the molecule is CCCC[C@]1(CC)CS(=O)(=O)c2ccc(N(C)C)cc2[C@@H](c2cccc(NC(=O)[C@H](OC(C)=O)[C@@H](OC(C)=O)[C@H](OC(C)=O)[C@H](COC(C)=O)OC(C)=O)c2)[C@@H]1O. The van der Waals surface area contributed by atoms with Crippen molar-refractivity contribution in [2.24, 2.45) is 5.41 Å². The molecule has 0 unspecified atom stereocenters. The lowest BCUT2D eigenvalue weighted by atomic mass is 9.69. The van der Waals surface area contributed by atoms with Crippen LogP contribution in [-0.4, -0.2) is 106 Å². The largest absolute Gasteiger partial charge is 0.462 e. The van der Waals surface area contributed by atoms with Crippen LogP contribution in [0.2, 0.25) is 0 Å². The number of sulfone groups is 1. The van der Waals surface area contributed by atoms with Gasteiger partial charge in [0.25, 0.3) is 5.91 Å². The number of hydrogen-bond acceptors (Lipinski definition) is 15. The molecule has 0 bridgehead atoms. The monoisotopic (exact) mass is 818 g/mol. The van der Waals surface area contributed by atoms with Crippen LogP contribution < -0.4 is 10.2 Å². The van der Waals surface area contributed by atoms with Crippen molar-refractivity contribution in [3.63, 3.8) is 0 Å². The number of carbonyl (C=O) groups excluding carboxylic acids is 6. The molecule has 17 heteroatoms. The Morgan fingerprint density at radius 2 is 1.46 bits per heavy atom. The molecule has 1 aliphatic heterocycles. The summed E-state index contributed by atoms with van der Waals surface area (Å²) in [6, 6.07) is 11.3. The van der Waals surface area contributed by atoms with E-state index in [-0.39, 0.29) is 16.3 Å². The maximum Gasteiger partial charge on any atom is 0.303 e. The van der Waals surface area contributed by atoms with E-state index in [9.17, 15) is 42.3 Å². The number of esters is 5. The number of benzene rings is 2. The van der Waals surface area contributed by atoms with Gasteiger partial charge in [-0.15, -0.1) is 0 Å². The third kappa shape index (κ3) is 12.0. The number of unbranched alkanes of at least 4 members (excludes halogenated alkanes) is 1. The molecule has 314 valence electrons. The summed E-state index contributed by atoms with van der Waals surface area (Å²) in [5.74, 6) is -6.94. The number of nitrogens with one attached hydrogen (secondary N) is 1. The number of fused-ring (bicyclic) bond motifs is 1. The molecule has 0 fully saturated rings. The third-order valence-electron chi connectivity index (χ3n) is 9.76. The van der Waals surface area contributed by atoms with E-state index in [2.05, 4.69) is 5.32 Å². The second-order valence-electron chi connectivity index (χ2n) is 14.4. The molecule has 2 aromatic carbocycles. The molecule has 1 aliphatic rings. The van der Waals surface area contributed by atoms with Crippen LogP contribution in [0.15, 0.2) is 47.4 Å². The summed E-state index contributed by atoms with van der Waals surface area (Å²) < 4.78 is 54.7. The molecule has 7 atom stereocenters. The number of amides is 1. The zero-order chi connectivity index (χ0) is 42.8. The topological polar surface area (TPSA) is 218 Å². The van der Waals surface area contributed by atoms with Gasteiger partial charge in [0.2, 0.25) is 6.10 Å². The maximum absolute atomic E-state index is 14.2. The minimum atomic E-state index is -3.89. The van der Waals surface area contributed by atoms with E-state index in [0.29, 0.717) is 36.1 Å². The van der Waals surface area contributed by atoms with Crippen molar-refractivity contribution in [2.75, 3.05) is 36.7 Å². The fourth-order valence-corrected chi connectivity index (χ4v) is 9.38. The summed E-state index contributed by atoms with van der Waals surface area (Å²) in [5.41, 5.74) is 0.622. The van der Waals surface area contributed by atoms with Crippen LogP contribution in [-0.2, 0) is 62.3 Å². The fourth-order valence-electron chi connectivity index (χ4n) is 7.12. The lowest BCUT2D eigenvalue weighted by Gasteiger charge is -2.39. The molecule has 0 aliphatic carbocycles. The second-order valence-corrected chi connectivity index (χ2v) is 16.3. The Bertz CT molecular complexity index is 1910. The van der Waals surface area contributed by atoms with Gasteiger partial charge in [-0.3, -0.25) is 28.8 Å². The van der Waals surface area contributed by atoms with Crippen LogP contribution in [0.4, 0.5) is 11.4 Å². The van der Waals surface area contributed by atoms with E-state index < -0.39 is 94.1 Å². The Kier molecular flexibility index (Phi) is 16.2. The first-order chi connectivity index (χ1) is 26.7. The quantitative estimate of drug-likeness (QED) is 0.171. The maximum atomic E-state index is 14.2. The Morgan fingerprint density at radius 1 is 0.842 bits per heavy atom. The lowest BCUT2D eigenvalue weighted by molar-refractivity contribution is -0.202. The summed E-state index contributed by atoms with van der Waals surface area (Å²) in [4.78, 5) is 77.2. The Hall–Kier alpha value is -5.03. The van der Waals surface area contributed by atoms with Crippen LogP contribution >= 0.6 is 0 Å². The highest BCUT2D eigenvalue weighted by atomic mass is 32.2. The number of hydrogen-bond donors (Lipinski definition) is 2. The predicted octanol–water partition coefficient (Wildman–Crippen LogP) is 3.85. The Morgan fingerprint density at radius 3 is 2.00 bits per heavy atom. The van der Waals surface area contributed by atoms with Gasteiger partial charge < -0.3 is 39.0 Å². The van der Waals surface area contributed by atoms with Gasteiger partial charge in [0.15, 0.2) is 28.1 Å². The summed E-state index contributed by atoms with van der Waals surface area (Å²) >= 11 is 0.